The van der Waals surface area contributed by atoms with Crippen LogP contribution < -0.4 is 0 Å². The molecule has 0 spiro atoms. The molecule has 0 radical (unpaired) electrons. The minimum absolute atomic E-state index is 0.209. The summed E-state index contributed by atoms with van der Waals surface area (Å²) in [6, 6.07) is 26.4. The number of rotatable bonds is 3. The fourth-order valence-electron chi connectivity index (χ4n) is 4.43. The van der Waals surface area contributed by atoms with Gasteiger partial charge in [0.25, 0.3) is 0 Å². The molecule has 0 saturated carbocycles. The highest BCUT2D eigenvalue weighted by Gasteiger charge is 2.37. The Labute approximate surface area is 183 Å². The van der Waals surface area contributed by atoms with Crippen LogP contribution in [0, 0.1) is 0 Å². The van der Waals surface area contributed by atoms with E-state index in [2.05, 4.69) is 122 Å². The van der Waals surface area contributed by atoms with Gasteiger partial charge in [0.2, 0.25) is 0 Å². The molecular formula is C28H29Br. The summed E-state index contributed by atoms with van der Waals surface area (Å²) in [5, 5.41) is 0. The molecule has 0 heterocycles. The van der Waals surface area contributed by atoms with Crippen LogP contribution in [0.15, 0.2) is 77.3 Å². The Morgan fingerprint density at radius 1 is 0.724 bits per heavy atom. The summed E-state index contributed by atoms with van der Waals surface area (Å²) in [6.45, 7) is 9.56. The molecule has 4 rings (SSSR count). The van der Waals surface area contributed by atoms with Crippen LogP contribution in [0.25, 0.3) is 11.6 Å². The SMILES string of the molecule is CC1(C)CCC(C)(C)c2cc(/C(=C/c3ccc(Br)cc3)c3ccccc3)ccc21. The van der Waals surface area contributed by atoms with Crippen molar-refractivity contribution >= 4 is 27.6 Å². The highest BCUT2D eigenvalue weighted by Crippen LogP contribution is 2.46. The van der Waals surface area contributed by atoms with E-state index >= 15 is 0 Å². The summed E-state index contributed by atoms with van der Waals surface area (Å²) in [4.78, 5) is 0. The number of hydrogen-bond acceptors (Lipinski definition) is 0. The molecule has 0 nitrogen and oxygen atoms in total. The molecule has 1 heteroatoms. The topological polar surface area (TPSA) is 0 Å². The highest BCUT2D eigenvalue weighted by molar-refractivity contribution is 9.10. The Bertz CT molecular complexity index is 1040. The third-order valence-electron chi connectivity index (χ3n) is 6.43. The van der Waals surface area contributed by atoms with Crippen LogP contribution in [-0.2, 0) is 10.8 Å². The molecule has 1 aliphatic rings. The molecule has 0 unspecified atom stereocenters. The van der Waals surface area contributed by atoms with Gasteiger partial charge in [-0.05, 0) is 75.3 Å². The van der Waals surface area contributed by atoms with Crippen molar-refractivity contribution in [2.24, 2.45) is 0 Å². The highest BCUT2D eigenvalue weighted by atomic mass is 79.9. The molecule has 0 atom stereocenters. The Morgan fingerprint density at radius 2 is 1.34 bits per heavy atom. The van der Waals surface area contributed by atoms with Crippen LogP contribution in [0.5, 0.6) is 0 Å². The van der Waals surface area contributed by atoms with Gasteiger partial charge in [-0.15, -0.1) is 0 Å². The summed E-state index contributed by atoms with van der Waals surface area (Å²) >= 11 is 3.55. The van der Waals surface area contributed by atoms with Gasteiger partial charge in [-0.3, -0.25) is 0 Å². The molecule has 0 fully saturated rings. The molecule has 0 saturated heterocycles. The van der Waals surface area contributed by atoms with Crippen molar-refractivity contribution in [1.29, 1.82) is 0 Å². The van der Waals surface area contributed by atoms with Crippen molar-refractivity contribution in [3.63, 3.8) is 0 Å². The second kappa shape index (κ2) is 7.61. The molecule has 0 amide bonds. The summed E-state index contributed by atoms with van der Waals surface area (Å²) in [7, 11) is 0. The van der Waals surface area contributed by atoms with E-state index in [9.17, 15) is 0 Å². The zero-order valence-corrected chi connectivity index (χ0v) is 19.4. The first kappa shape index (κ1) is 20.2. The van der Waals surface area contributed by atoms with Crippen molar-refractivity contribution < 1.29 is 0 Å². The van der Waals surface area contributed by atoms with E-state index in [0.29, 0.717) is 0 Å². The van der Waals surface area contributed by atoms with Gasteiger partial charge in [-0.25, -0.2) is 0 Å². The Kier molecular flexibility index (Phi) is 5.29. The normalized spacial score (nSPS) is 17.6. The molecule has 3 aromatic rings. The Morgan fingerprint density at radius 3 is 2.00 bits per heavy atom. The monoisotopic (exact) mass is 444 g/mol. The van der Waals surface area contributed by atoms with Crippen LogP contribution in [0.2, 0.25) is 0 Å². The van der Waals surface area contributed by atoms with Gasteiger partial charge in [-0.1, -0.05) is 104 Å². The van der Waals surface area contributed by atoms with E-state index in [1.165, 1.54) is 46.2 Å². The van der Waals surface area contributed by atoms with Gasteiger partial charge in [0.05, 0.1) is 0 Å². The molecule has 3 aromatic carbocycles. The lowest BCUT2D eigenvalue weighted by Crippen LogP contribution is -2.33. The molecule has 1 aliphatic carbocycles. The Balaban J connectivity index is 1.89. The lowest BCUT2D eigenvalue weighted by molar-refractivity contribution is 0.332. The smallest absolute Gasteiger partial charge is 0.0175 e. The summed E-state index contributed by atoms with van der Waals surface area (Å²) in [6.07, 6.45) is 4.78. The van der Waals surface area contributed by atoms with Crippen molar-refractivity contribution in [2.45, 2.75) is 51.4 Å². The quantitative estimate of drug-likeness (QED) is 0.355. The average Bonchev–Trinajstić information content (AvgIpc) is 2.71. The predicted octanol–water partition coefficient (Wildman–Crippen LogP) is 8.39. The van der Waals surface area contributed by atoms with Gasteiger partial charge in [0.15, 0.2) is 0 Å². The van der Waals surface area contributed by atoms with Gasteiger partial charge < -0.3 is 0 Å². The fourth-order valence-corrected chi connectivity index (χ4v) is 4.70. The van der Waals surface area contributed by atoms with Gasteiger partial charge in [-0.2, -0.15) is 0 Å². The first-order valence-corrected chi connectivity index (χ1v) is 11.2. The van der Waals surface area contributed by atoms with Crippen molar-refractivity contribution in [3.05, 3.63) is 105 Å². The number of benzene rings is 3. The van der Waals surface area contributed by atoms with Gasteiger partial charge in [0, 0.05) is 4.47 Å². The molecule has 0 aromatic heterocycles. The molecular weight excluding hydrogens is 416 g/mol. The zero-order valence-electron chi connectivity index (χ0n) is 17.8. The minimum Gasteiger partial charge on any atom is -0.0622 e. The van der Waals surface area contributed by atoms with Crippen molar-refractivity contribution in [1.82, 2.24) is 0 Å². The Hall–Kier alpha value is -2.12. The molecule has 0 N–H and O–H groups in total. The predicted molar refractivity (Wildman–Crippen MR) is 129 cm³/mol. The first-order valence-electron chi connectivity index (χ1n) is 10.4. The van der Waals surface area contributed by atoms with Crippen molar-refractivity contribution in [3.8, 4) is 0 Å². The van der Waals surface area contributed by atoms with Crippen molar-refractivity contribution in [2.75, 3.05) is 0 Å². The third-order valence-corrected chi connectivity index (χ3v) is 6.96. The van der Waals surface area contributed by atoms with E-state index in [0.717, 1.165) is 4.47 Å². The standard InChI is InChI=1S/C28H29Br/c1-27(2)16-17-28(3,4)26-19-22(12-15-25(26)27)24(21-8-6-5-7-9-21)18-20-10-13-23(29)14-11-20/h5-15,18-19H,16-17H2,1-4H3/b24-18+. The summed E-state index contributed by atoms with van der Waals surface area (Å²) in [5.41, 5.74) is 8.50. The molecule has 148 valence electrons. The second-order valence-corrected chi connectivity index (χ2v) is 10.4. The number of fused-ring (bicyclic) bond motifs is 1. The third kappa shape index (κ3) is 4.12. The molecule has 0 bridgehead atoms. The zero-order chi connectivity index (χ0) is 20.6. The maximum Gasteiger partial charge on any atom is 0.0175 e. The van der Waals surface area contributed by atoms with E-state index in [1.807, 2.05) is 0 Å². The van der Waals surface area contributed by atoms with Gasteiger partial charge in [0.1, 0.15) is 0 Å². The lowest BCUT2D eigenvalue weighted by Gasteiger charge is -2.42. The van der Waals surface area contributed by atoms with E-state index in [4.69, 9.17) is 0 Å². The summed E-state index contributed by atoms with van der Waals surface area (Å²) in [5.74, 6) is 0. The maximum atomic E-state index is 3.55. The largest absolute Gasteiger partial charge is 0.0622 e. The second-order valence-electron chi connectivity index (χ2n) is 9.50. The average molecular weight is 445 g/mol. The van der Waals surface area contributed by atoms with Crippen LogP contribution in [0.4, 0.5) is 0 Å². The first-order chi connectivity index (χ1) is 13.8. The maximum absolute atomic E-state index is 3.55. The summed E-state index contributed by atoms with van der Waals surface area (Å²) < 4.78 is 1.11. The fraction of sp³-hybridized carbons (Fsp3) is 0.286. The van der Waals surface area contributed by atoms with Gasteiger partial charge >= 0.3 is 0 Å². The lowest BCUT2D eigenvalue weighted by atomic mass is 9.63. The molecule has 29 heavy (non-hydrogen) atoms. The number of halogens is 1. The van der Waals surface area contributed by atoms with E-state index in [-0.39, 0.29) is 10.8 Å². The van der Waals surface area contributed by atoms with Crippen LogP contribution >= 0.6 is 15.9 Å². The van der Waals surface area contributed by atoms with Crippen LogP contribution in [0.3, 0.4) is 0 Å². The van der Waals surface area contributed by atoms with E-state index < -0.39 is 0 Å². The van der Waals surface area contributed by atoms with Crippen LogP contribution in [-0.4, -0.2) is 0 Å². The minimum atomic E-state index is 0.209. The van der Waals surface area contributed by atoms with E-state index in [1.54, 1.807) is 0 Å². The number of hydrogen-bond donors (Lipinski definition) is 0. The molecule has 0 aliphatic heterocycles. The van der Waals surface area contributed by atoms with Crippen LogP contribution in [0.1, 0.15) is 68.4 Å².